The molecule has 3 rings (SSSR count). The summed E-state index contributed by atoms with van der Waals surface area (Å²) in [4.78, 5) is 0. The van der Waals surface area contributed by atoms with Gasteiger partial charge in [0.15, 0.2) is 0 Å². The second kappa shape index (κ2) is 4.57. The van der Waals surface area contributed by atoms with E-state index in [-0.39, 0.29) is 17.3 Å². The molecule has 1 aromatic rings. The largest absolute Gasteiger partial charge is 0.377 e. The number of ether oxygens (including phenoxy) is 1. The summed E-state index contributed by atoms with van der Waals surface area (Å²) in [5.41, 5.74) is 0.890. The van der Waals surface area contributed by atoms with Gasteiger partial charge in [-0.15, -0.1) is 0 Å². The summed E-state index contributed by atoms with van der Waals surface area (Å²) in [6.07, 6.45) is 1.49. The van der Waals surface area contributed by atoms with E-state index >= 15 is 0 Å². The molecule has 19 heavy (non-hydrogen) atoms. The number of rotatable bonds is 3. The van der Waals surface area contributed by atoms with Crippen LogP contribution >= 0.6 is 0 Å². The van der Waals surface area contributed by atoms with Gasteiger partial charge in [-0.05, 0) is 19.4 Å². The molecule has 2 nitrogen and oxygen atoms in total. The Hall–Kier alpha value is -0.930. The topological polar surface area (TPSA) is 21.3 Å². The number of hydrogen-bond acceptors (Lipinski definition) is 2. The van der Waals surface area contributed by atoms with Gasteiger partial charge in [-0.1, -0.05) is 32.0 Å². The average Bonchev–Trinajstić information content (AvgIpc) is 2.83. The van der Waals surface area contributed by atoms with Gasteiger partial charge >= 0.3 is 0 Å². The third-order valence-corrected chi connectivity index (χ3v) is 4.90. The number of halogens is 1. The fraction of sp³-hybridized carbons (Fsp3) is 0.625. The van der Waals surface area contributed by atoms with Gasteiger partial charge in [-0.25, -0.2) is 4.39 Å². The lowest BCUT2D eigenvalue weighted by molar-refractivity contribution is -0.115. The third-order valence-electron chi connectivity index (χ3n) is 4.90. The molecule has 4 atom stereocenters. The van der Waals surface area contributed by atoms with Crippen molar-refractivity contribution >= 4 is 0 Å². The van der Waals surface area contributed by atoms with Crippen molar-refractivity contribution in [2.45, 2.75) is 45.4 Å². The van der Waals surface area contributed by atoms with E-state index in [0.717, 1.165) is 18.6 Å². The molecular weight excluding hydrogens is 241 g/mol. The molecule has 0 bridgehead atoms. The summed E-state index contributed by atoms with van der Waals surface area (Å²) in [6.45, 7) is 7.39. The maximum atomic E-state index is 13.8. The van der Waals surface area contributed by atoms with Crippen molar-refractivity contribution in [3.05, 3.63) is 35.6 Å². The molecule has 0 spiro atoms. The molecule has 1 heterocycles. The molecule has 1 N–H and O–H groups in total. The predicted octanol–water partition coefficient (Wildman–Crippen LogP) is 3.29. The second-order valence-corrected chi connectivity index (χ2v) is 6.45. The molecule has 1 saturated carbocycles. The Labute approximate surface area is 114 Å². The molecular formula is C16H22FNO. The lowest BCUT2D eigenvalue weighted by Gasteiger charge is -2.55. The highest BCUT2D eigenvalue weighted by atomic mass is 19.1. The predicted molar refractivity (Wildman–Crippen MR) is 73.4 cm³/mol. The maximum Gasteiger partial charge on any atom is 0.127 e. The molecule has 0 amide bonds. The quantitative estimate of drug-likeness (QED) is 0.903. The van der Waals surface area contributed by atoms with Gasteiger partial charge in [-0.3, -0.25) is 0 Å². The molecule has 3 heteroatoms. The van der Waals surface area contributed by atoms with Gasteiger partial charge in [0, 0.05) is 35.6 Å². The van der Waals surface area contributed by atoms with E-state index in [1.54, 1.807) is 6.07 Å². The first-order valence-electron chi connectivity index (χ1n) is 7.14. The Morgan fingerprint density at radius 2 is 2.11 bits per heavy atom. The molecule has 3 unspecified atom stereocenters. The van der Waals surface area contributed by atoms with Crippen LogP contribution < -0.4 is 5.32 Å². The minimum absolute atomic E-state index is 0.0343. The fourth-order valence-electron chi connectivity index (χ4n) is 3.85. The molecule has 0 radical (unpaired) electrons. The van der Waals surface area contributed by atoms with Gasteiger partial charge < -0.3 is 10.1 Å². The van der Waals surface area contributed by atoms with E-state index in [4.69, 9.17) is 4.74 Å². The van der Waals surface area contributed by atoms with E-state index in [9.17, 15) is 4.39 Å². The summed E-state index contributed by atoms with van der Waals surface area (Å²) in [7, 11) is 0. The van der Waals surface area contributed by atoms with Crippen molar-refractivity contribution in [1.29, 1.82) is 0 Å². The molecule has 0 aromatic heterocycles. The van der Waals surface area contributed by atoms with E-state index in [1.807, 2.05) is 19.1 Å². The third kappa shape index (κ3) is 2.00. The lowest BCUT2D eigenvalue weighted by atomic mass is 9.57. The SMILES string of the molecule is C[C@@H](NC1C2CCOC2C1(C)C)c1ccccc1F. The molecule has 1 saturated heterocycles. The Bertz CT molecular complexity index is 474. The highest BCUT2D eigenvalue weighted by Gasteiger charge is 2.59. The molecule has 2 aliphatic rings. The smallest absolute Gasteiger partial charge is 0.127 e. The molecule has 104 valence electrons. The summed E-state index contributed by atoms with van der Waals surface area (Å²) >= 11 is 0. The van der Waals surface area contributed by atoms with Crippen molar-refractivity contribution in [2.24, 2.45) is 11.3 Å². The normalized spacial score (nSPS) is 33.6. The Kier molecular flexibility index (Phi) is 3.14. The Morgan fingerprint density at radius 1 is 1.37 bits per heavy atom. The maximum absolute atomic E-state index is 13.8. The van der Waals surface area contributed by atoms with Gasteiger partial charge in [-0.2, -0.15) is 0 Å². The van der Waals surface area contributed by atoms with Crippen molar-refractivity contribution in [2.75, 3.05) is 6.61 Å². The lowest BCUT2D eigenvalue weighted by Crippen LogP contribution is -2.66. The number of hydrogen-bond donors (Lipinski definition) is 1. The van der Waals surface area contributed by atoms with Gasteiger partial charge in [0.1, 0.15) is 5.82 Å². The summed E-state index contributed by atoms with van der Waals surface area (Å²) in [6, 6.07) is 7.47. The molecule has 2 fully saturated rings. The number of nitrogens with one attached hydrogen (secondary N) is 1. The summed E-state index contributed by atoms with van der Waals surface area (Å²) in [5, 5.41) is 3.62. The van der Waals surface area contributed by atoms with Gasteiger partial charge in [0.2, 0.25) is 0 Å². The minimum Gasteiger partial charge on any atom is -0.377 e. The van der Waals surface area contributed by atoms with Crippen LogP contribution in [0.25, 0.3) is 0 Å². The van der Waals surface area contributed by atoms with Crippen LogP contribution in [0.3, 0.4) is 0 Å². The number of fused-ring (bicyclic) bond motifs is 1. The standard InChI is InChI=1S/C16H22FNO/c1-10(11-6-4-5-7-13(11)17)18-14-12-8-9-19-15(12)16(14,2)3/h4-7,10,12,14-15,18H,8-9H2,1-3H3/t10-,12?,14?,15?/m1/s1. The summed E-state index contributed by atoms with van der Waals surface area (Å²) in [5.74, 6) is 0.461. The van der Waals surface area contributed by atoms with E-state index in [0.29, 0.717) is 18.1 Å². The summed E-state index contributed by atoms with van der Waals surface area (Å²) < 4.78 is 19.6. The molecule has 1 aliphatic carbocycles. The van der Waals surface area contributed by atoms with Crippen LogP contribution in [0.2, 0.25) is 0 Å². The van der Waals surface area contributed by atoms with E-state index < -0.39 is 0 Å². The minimum atomic E-state index is -0.126. The zero-order chi connectivity index (χ0) is 13.6. The highest BCUT2D eigenvalue weighted by molar-refractivity contribution is 5.22. The highest BCUT2D eigenvalue weighted by Crippen LogP contribution is 2.52. The second-order valence-electron chi connectivity index (χ2n) is 6.45. The monoisotopic (exact) mass is 263 g/mol. The van der Waals surface area contributed by atoms with Gasteiger partial charge in [0.05, 0.1) is 6.10 Å². The molecule has 1 aromatic carbocycles. The van der Waals surface area contributed by atoms with Crippen molar-refractivity contribution < 1.29 is 9.13 Å². The first kappa shape index (κ1) is 13.1. The first-order valence-corrected chi connectivity index (χ1v) is 7.14. The van der Waals surface area contributed by atoms with Crippen LogP contribution in [-0.2, 0) is 4.74 Å². The van der Waals surface area contributed by atoms with Crippen LogP contribution in [0, 0.1) is 17.2 Å². The van der Waals surface area contributed by atoms with Crippen LogP contribution in [0.4, 0.5) is 4.39 Å². The Balaban J connectivity index is 1.74. The fourth-order valence-corrected chi connectivity index (χ4v) is 3.85. The average molecular weight is 263 g/mol. The van der Waals surface area contributed by atoms with Crippen LogP contribution in [0.15, 0.2) is 24.3 Å². The van der Waals surface area contributed by atoms with Crippen LogP contribution in [0.1, 0.15) is 38.8 Å². The van der Waals surface area contributed by atoms with Crippen molar-refractivity contribution in [3.8, 4) is 0 Å². The van der Waals surface area contributed by atoms with Crippen molar-refractivity contribution in [3.63, 3.8) is 0 Å². The zero-order valence-electron chi connectivity index (χ0n) is 11.8. The van der Waals surface area contributed by atoms with Gasteiger partial charge in [0.25, 0.3) is 0 Å². The van der Waals surface area contributed by atoms with Crippen LogP contribution in [-0.4, -0.2) is 18.8 Å². The number of benzene rings is 1. The Morgan fingerprint density at radius 3 is 2.84 bits per heavy atom. The van der Waals surface area contributed by atoms with Crippen molar-refractivity contribution in [1.82, 2.24) is 5.32 Å². The first-order chi connectivity index (χ1) is 9.01. The van der Waals surface area contributed by atoms with E-state index in [2.05, 4.69) is 19.2 Å². The molecule has 1 aliphatic heterocycles. The van der Waals surface area contributed by atoms with E-state index in [1.165, 1.54) is 6.07 Å². The van der Waals surface area contributed by atoms with Crippen LogP contribution in [0.5, 0.6) is 0 Å². The zero-order valence-corrected chi connectivity index (χ0v) is 11.8.